The molecule has 1 saturated carbocycles. The zero-order valence-electron chi connectivity index (χ0n) is 11.4. The fourth-order valence-corrected chi connectivity index (χ4v) is 3.57. The van der Waals surface area contributed by atoms with Gasteiger partial charge in [-0.3, -0.25) is 0 Å². The van der Waals surface area contributed by atoms with Crippen LogP contribution in [-0.2, 0) is 0 Å². The highest BCUT2D eigenvalue weighted by molar-refractivity contribution is 4.98. The molecule has 1 fully saturated rings. The molecule has 1 rings (SSSR count). The first-order valence-corrected chi connectivity index (χ1v) is 6.66. The molecule has 0 aromatic carbocycles. The lowest BCUT2D eigenvalue weighted by atomic mass is 9.64. The topological polar surface area (TPSA) is 56.0 Å². The second-order valence-corrected chi connectivity index (χ2v) is 6.48. The zero-order chi connectivity index (χ0) is 12.9. The summed E-state index contributed by atoms with van der Waals surface area (Å²) >= 11 is 0. The second-order valence-electron chi connectivity index (χ2n) is 6.48. The molecule has 0 aliphatic heterocycles. The summed E-state index contributed by atoms with van der Waals surface area (Å²) in [7, 11) is 0. The van der Waals surface area contributed by atoms with Crippen LogP contribution in [0.5, 0.6) is 0 Å². The van der Waals surface area contributed by atoms with Crippen LogP contribution in [0.15, 0.2) is 0 Å². The molecule has 0 heterocycles. The molecule has 0 bridgehead atoms. The van der Waals surface area contributed by atoms with Crippen LogP contribution in [0.4, 0.5) is 0 Å². The lowest BCUT2D eigenvalue weighted by molar-refractivity contribution is 0.0366. The van der Waals surface area contributed by atoms with Gasteiger partial charge in [-0.25, -0.2) is 0 Å². The molecule has 0 saturated heterocycles. The molecule has 0 aromatic heterocycles. The van der Waals surface area contributed by atoms with Crippen LogP contribution in [0.3, 0.4) is 0 Å². The van der Waals surface area contributed by atoms with Crippen molar-refractivity contribution >= 4 is 0 Å². The van der Waals surface area contributed by atoms with E-state index in [0.717, 1.165) is 25.8 Å². The third-order valence-electron chi connectivity index (χ3n) is 3.73. The average Bonchev–Trinajstić information content (AvgIpc) is 2.22. The van der Waals surface area contributed by atoms with E-state index in [-0.39, 0.29) is 12.1 Å². The van der Waals surface area contributed by atoms with E-state index in [2.05, 4.69) is 32.2 Å². The van der Waals surface area contributed by atoms with Crippen molar-refractivity contribution < 1.29 is 5.11 Å². The van der Waals surface area contributed by atoms with Gasteiger partial charge in [0, 0.05) is 12.0 Å². The normalized spacial score (nSPS) is 32.1. The highest BCUT2D eigenvalue weighted by Crippen LogP contribution is 2.43. The second kappa shape index (κ2) is 5.84. The molecule has 17 heavy (non-hydrogen) atoms. The van der Waals surface area contributed by atoms with E-state index < -0.39 is 0 Å². The fourth-order valence-electron chi connectivity index (χ4n) is 3.57. The van der Waals surface area contributed by atoms with Crippen LogP contribution < -0.4 is 5.32 Å². The summed E-state index contributed by atoms with van der Waals surface area (Å²) in [6.45, 7) is 7.86. The maximum absolute atomic E-state index is 9.72. The van der Waals surface area contributed by atoms with Crippen LogP contribution in [0.2, 0.25) is 0 Å². The number of unbranched alkanes of at least 4 members (excludes halogenated alkanes) is 1. The summed E-state index contributed by atoms with van der Waals surface area (Å²) in [5.74, 6) is 0.648. The Bertz CT molecular complexity index is 282. The number of hydrogen-bond acceptors (Lipinski definition) is 3. The molecular formula is C14H26N2O. The first-order chi connectivity index (χ1) is 7.93. The Balaban J connectivity index is 2.57. The first-order valence-electron chi connectivity index (χ1n) is 6.66. The van der Waals surface area contributed by atoms with E-state index in [1.54, 1.807) is 0 Å². The van der Waals surface area contributed by atoms with E-state index in [1.807, 2.05) is 0 Å². The van der Waals surface area contributed by atoms with Gasteiger partial charge in [0.25, 0.3) is 0 Å². The molecule has 0 aromatic rings. The summed E-state index contributed by atoms with van der Waals surface area (Å²) < 4.78 is 0. The van der Waals surface area contributed by atoms with Gasteiger partial charge in [0.2, 0.25) is 0 Å². The molecule has 0 unspecified atom stereocenters. The third kappa shape index (κ3) is 4.29. The predicted octanol–water partition coefficient (Wildman–Crippen LogP) is 2.46. The average molecular weight is 238 g/mol. The molecule has 98 valence electrons. The Morgan fingerprint density at radius 2 is 2.12 bits per heavy atom. The van der Waals surface area contributed by atoms with Crippen molar-refractivity contribution in [1.82, 2.24) is 5.32 Å². The van der Waals surface area contributed by atoms with Gasteiger partial charge in [-0.2, -0.15) is 5.26 Å². The van der Waals surface area contributed by atoms with Crippen molar-refractivity contribution in [2.24, 2.45) is 11.3 Å². The van der Waals surface area contributed by atoms with Crippen LogP contribution in [0, 0.1) is 22.7 Å². The van der Waals surface area contributed by atoms with E-state index in [1.165, 1.54) is 6.42 Å². The number of aliphatic hydroxyl groups is 1. The Morgan fingerprint density at radius 3 is 2.65 bits per heavy atom. The smallest absolute Gasteiger partial charge is 0.0622 e. The molecule has 0 radical (unpaired) electrons. The Hall–Kier alpha value is -0.590. The van der Waals surface area contributed by atoms with E-state index in [9.17, 15) is 5.11 Å². The third-order valence-corrected chi connectivity index (χ3v) is 3.73. The summed E-state index contributed by atoms with van der Waals surface area (Å²) in [5, 5.41) is 21.7. The van der Waals surface area contributed by atoms with Gasteiger partial charge in [-0.05, 0) is 43.6 Å². The fraction of sp³-hybridized carbons (Fsp3) is 0.929. The van der Waals surface area contributed by atoms with Gasteiger partial charge >= 0.3 is 0 Å². The Labute approximate surface area is 105 Å². The molecule has 0 amide bonds. The van der Waals surface area contributed by atoms with Gasteiger partial charge in [-0.1, -0.05) is 20.8 Å². The lowest BCUT2D eigenvalue weighted by Crippen LogP contribution is -2.55. The molecule has 0 spiro atoms. The van der Waals surface area contributed by atoms with Crippen LogP contribution >= 0.6 is 0 Å². The molecule has 1 aliphatic carbocycles. The van der Waals surface area contributed by atoms with Gasteiger partial charge in [0.05, 0.1) is 12.7 Å². The van der Waals surface area contributed by atoms with Gasteiger partial charge in [-0.15, -0.1) is 0 Å². The number of hydrogen-bond donors (Lipinski definition) is 2. The van der Waals surface area contributed by atoms with Gasteiger partial charge < -0.3 is 10.4 Å². The Kier molecular flexibility index (Phi) is 4.97. The minimum atomic E-state index is -0.128. The highest BCUT2D eigenvalue weighted by atomic mass is 16.3. The van der Waals surface area contributed by atoms with Crippen molar-refractivity contribution in [1.29, 1.82) is 5.26 Å². The number of rotatable bonds is 5. The summed E-state index contributed by atoms with van der Waals surface area (Å²) in [5.41, 5.74) is 0.166. The predicted molar refractivity (Wildman–Crippen MR) is 69.5 cm³/mol. The van der Waals surface area contributed by atoms with Crippen molar-refractivity contribution in [2.75, 3.05) is 13.2 Å². The zero-order valence-corrected chi connectivity index (χ0v) is 11.4. The van der Waals surface area contributed by atoms with Gasteiger partial charge in [0.15, 0.2) is 0 Å². The van der Waals surface area contributed by atoms with Crippen molar-refractivity contribution in [3.63, 3.8) is 0 Å². The highest BCUT2D eigenvalue weighted by Gasteiger charge is 2.41. The number of nitrogens with one attached hydrogen (secondary N) is 1. The largest absolute Gasteiger partial charge is 0.394 e. The van der Waals surface area contributed by atoms with Crippen molar-refractivity contribution in [3.05, 3.63) is 0 Å². The van der Waals surface area contributed by atoms with Gasteiger partial charge in [0.1, 0.15) is 0 Å². The minimum absolute atomic E-state index is 0.128. The summed E-state index contributed by atoms with van der Waals surface area (Å²) in [6.07, 6.45) is 4.75. The molecule has 2 atom stereocenters. The maximum Gasteiger partial charge on any atom is 0.0622 e. The Morgan fingerprint density at radius 1 is 1.41 bits per heavy atom. The first kappa shape index (κ1) is 14.5. The van der Waals surface area contributed by atoms with E-state index in [0.29, 0.717) is 17.8 Å². The maximum atomic E-state index is 9.72. The number of nitriles is 1. The molecular weight excluding hydrogens is 212 g/mol. The summed E-state index contributed by atoms with van der Waals surface area (Å²) in [6, 6.07) is 2.16. The SMILES string of the molecule is C[C@H]1CC(C)(C)C[C@@](CO)(NCCCC#N)C1. The quantitative estimate of drug-likeness (QED) is 0.723. The molecule has 2 N–H and O–H groups in total. The molecule has 3 nitrogen and oxygen atoms in total. The lowest BCUT2D eigenvalue weighted by Gasteiger charge is -2.47. The standard InChI is InChI=1S/C14H26N2O/c1-12-8-13(2,3)10-14(9-12,11-17)16-7-5-4-6-15/h12,16-17H,4-5,7-11H2,1-3H3/t12-,14-/m0/s1. The molecule has 1 aliphatic rings. The van der Waals surface area contributed by atoms with Crippen LogP contribution in [-0.4, -0.2) is 23.8 Å². The monoisotopic (exact) mass is 238 g/mol. The van der Waals surface area contributed by atoms with E-state index in [4.69, 9.17) is 5.26 Å². The number of aliphatic hydroxyl groups excluding tert-OH is 1. The van der Waals surface area contributed by atoms with Crippen molar-refractivity contribution in [3.8, 4) is 6.07 Å². The minimum Gasteiger partial charge on any atom is -0.394 e. The van der Waals surface area contributed by atoms with Crippen LogP contribution in [0.1, 0.15) is 52.9 Å². The number of nitrogens with zero attached hydrogens (tertiary/aromatic N) is 1. The van der Waals surface area contributed by atoms with Crippen LogP contribution in [0.25, 0.3) is 0 Å². The van der Waals surface area contributed by atoms with Crippen molar-refractivity contribution in [2.45, 2.75) is 58.4 Å². The molecule has 3 heteroatoms. The summed E-state index contributed by atoms with van der Waals surface area (Å²) in [4.78, 5) is 0. The van der Waals surface area contributed by atoms with E-state index >= 15 is 0 Å².